The van der Waals surface area contributed by atoms with Crippen LogP contribution < -0.4 is 0 Å². The lowest BCUT2D eigenvalue weighted by molar-refractivity contribution is 0.710. The van der Waals surface area contributed by atoms with Crippen LogP contribution in [0.2, 0.25) is 0 Å². The van der Waals surface area contributed by atoms with Gasteiger partial charge < -0.3 is 0 Å². The maximum absolute atomic E-state index is 3.67. The van der Waals surface area contributed by atoms with Crippen molar-refractivity contribution >= 4 is 0 Å². The monoisotopic (exact) mass is 96.1 g/mol. The van der Waals surface area contributed by atoms with E-state index in [0.29, 0.717) is 0 Å². The van der Waals surface area contributed by atoms with Crippen molar-refractivity contribution in [2.24, 2.45) is 7.05 Å². The molecule has 37 valence electrons. The molecule has 1 aromatic heterocycles. The van der Waals surface area contributed by atoms with Crippen molar-refractivity contribution < 1.29 is 0 Å². The van der Waals surface area contributed by atoms with Crippen molar-refractivity contribution in [3.8, 4) is 0 Å². The molecule has 0 aliphatic heterocycles. The van der Waals surface area contributed by atoms with Gasteiger partial charge in [-0.15, -0.1) is 5.10 Å². The first-order valence-electron chi connectivity index (χ1n) is 2.04. The highest BCUT2D eigenvalue weighted by atomic mass is 15.4. The van der Waals surface area contributed by atoms with Gasteiger partial charge in [-0.1, -0.05) is 5.21 Å². The molecular formula is C4H6N3. The maximum Gasteiger partial charge on any atom is 0.111 e. The third kappa shape index (κ3) is 0.765. The van der Waals surface area contributed by atoms with E-state index in [1.807, 2.05) is 6.92 Å². The highest BCUT2D eigenvalue weighted by Gasteiger charge is 1.85. The summed E-state index contributed by atoms with van der Waals surface area (Å²) in [5.74, 6) is 0. The topological polar surface area (TPSA) is 30.7 Å². The minimum absolute atomic E-state index is 0.836. The van der Waals surface area contributed by atoms with Crippen LogP contribution in [-0.2, 0) is 7.05 Å². The first-order valence-corrected chi connectivity index (χ1v) is 2.04. The Balaban J connectivity index is 3.04. The van der Waals surface area contributed by atoms with Crippen LogP contribution >= 0.6 is 0 Å². The fourth-order valence-corrected chi connectivity index (χ4v) is 0.413. The Morgan fingerprint density at radius 1 is 1.71 bits per heavy atom. The largest absolute Gasteiger partial charge is 0.246 e. The molecule has 3 heteroatoms. The average Bonchev–Trinajstić information content (AvgIpc) is 1.87. The number of aromatic nitrogens is 3. The lowest BCUT2D eigenvalue weighted by Gasteiger charge is -1.73. The van der Waals surface area contributed by atoms with Crippen LogP contribution in [0.25, 0.3) is 0 Å². The summed E-state index contributed by atoms with van der Waals surface area (Å²) in [4.78, 5) is 0. The smallest absolute Gasteiger partial charge is 0.111 e. The molecule has 0 N–H and O–H groups in total. The van der Waals surface area contributed by atoms with Gasteiger partial charge in [0.05, 0.1) is 5.69 Å². The van der Waals surface area contributed by atoms with Crippen molar-refractivity contribution in [2.45, 2.75) is 6.92 Å². The lowest BCUT2D eigenvalue weighted by Crippen LogP contribution is -1.86. The van der Waals surface area contributed by atoms with E-state index >= 15 is 0 Å². The molecule has 0 saturated carbocycles. The van der Waals surface area contributed by atoms with Crippen LogP contribution in [0.15, 0.2) is 0 Å². The molecular weight excluding hydrogens is 90.1 g/mol. The predicted octanol–water partition coefficient (Wildman–Crippen LogP) is -0.0763. The summed E-state index contributed by atoms with van der Waals surface area (Å²) in [6.45, 7) is 1.85. The summed E-state index contributed by atoms with van der Waals surface area (Å²) in [6.07, 6.45) is 2.83. The molecule has 0 fully saturated rings. The van der Waals surface area contributed by atoms with Gasteiger partial charge in [-0.05, 0) is 6.92 Å². The summed E-state index contributed by atoms with van der Waals surface area (Å²) in [7, 11) is 1.79. The van der Waals surface area contributed by atoms with Gasteiger partial charge in [0.2, 0.25) is 0 Å². The number of hydrogen-bond donors (Lipinski definition) is 0. The summed E-state index contributed by atoms with van der Waals surface area (Å²) in [5, 5.41) is 7.30. The summed E-state index contributed by atoms with van der Waals surface area (Å²) < 4.78 is 1.55. The van der Waals surface area contributed by atoms with Crippen molar-refractivity contribution in [1.29, 1.82) is 0 Å². The number of nitrogens with zero attached hydrogens (tertiary/aromatic N) is 3. The average molecular weight is 96.1 g/mol. The molecule has 0 aliphatic rings. The molecule has 0 unspecified atom stereocenters. The van der Waals surface area contributed by atoms with Crippen LogP contribution in [0.5, 0.6) is 0 Å². The van der Waals surface area contributed by atoms with Gasteiger partial charge in [-0.3, -0.25) is 0 Å². The third-order valence-electron chi connectivity index (χ3n) is 0.652. The van der Waals surface area contributed by atoms with Crippen LogP contribution in [-0.4, -0.2) is 15.0 Å². The standard InChI is InChI=1S/C4H6N3/c1-4-3-7(2)6-5-4/h1-2H3. The molecule has 0 bridgehead atoms. The molecule has 7 heavy (non-hydrogen) atoms. The van der Waals surface area contributed by atoms with Gasteiger partial charge >= 0.3 is 0 Å². The second-order valence-electron chi connectivity index (χ2n) is 1.41. The zero-order chi connectivity index (χ0) is 5.28. The molecule has 0 aromatic carbocycles. The summed E-state index contributed by atoms with van der Waals surface area (Å²) in [6, 6.07) is 0. The predicted molar refractivity (Wildman–Crippen MR) is 24.6 cm³/mol. The fraction of sp³-hybridized carbons (Fsp3) is 0.500. The van der Waals surface area contributed by atoms with Gasteiger partial charge in [0.1, 0.15) is 6.20 Å². The Hall–Kier alpha value is -0.860. The first-order chi connectivity index (χ1) is 3.29. The van der Waals surface area contributed by atoms with E-state index in [1.165, 1.54) is 0 Å². The Morgan fingerprint density at radius 2 is 2.43 bits per heavy atom. The molecule has 1 aromatic rings. The Bertz CT molecular complexity index is 139. The maximum atomic E-state index is 3.67. The van der Waals surface area contributed by atoms with E-state index in [0.717, 1.165) is 5.69 Å². The van der Waals surface area contributed by atoms with Gasteiger partial charge in [-0.25, -0.2) is 4.68 Å². The third-order valence-corrected chi connectivity index (χ3v) is 0.652. The number of rotatable bonds is 0. The minimum atomic E-state index is 0.836. The van der Waals surface area contributed by atoms with Crippen LogP contribution in [0, 0.1) is 13.1 Å². The van der Waals surface area contributed by atoms with E-state index in [4.69, 9.17) is 0 Å². The van der Waals surface area contributed by atoms with Crippen LogP contribution in [0.4, 0.5) is 0 Å². The molecule has 0 aliphatic carbocycles. The Labute approximate surface area is 42.0 Å². The van der Waals surface area contributed by atoms with E-state index in [9.17, 15) is 0 Å². The molecule has 0 saturated heterocycles. The van der Waals surface area contributed by atoms with Crippen molar-refractivity contribution in [2.75, 3.05) is 0 Å². The van der Waals surface area contributed by atoms with E-state index in [-0.39, 0.29) is 0 Å². The van der Waals surface area contributed by atoms with E-state index in [1.54, 1.807) is 11.7 Å². The Kier molecular flexibility index (Phi) is 0.817. The molecule has 1 heterocycles. The number of aryl methyl sites for hydroxylation is 2. The molecule has 3 nitrogen and oxygen atoms in total. The molecule has 1 rings (SSSR count). The van der Waals surface area contributed by atoms with Crippen LogP contribution in [0.3, 0.4) is 0 Å². The van der Waals surface area contributed by atoms with E-state index in [2.05, 4.69) is 16.5 Å². The zero-order valence-electron chi connectivity index (χ0n) is 4.34. The van der Waals surface area contributed by atoms with Gasteiger partial charge in [0, 0.05) is 7.05 Å². The molecule has 0 atom stereocenters. The summed E-state index contributed by atoms with van der Waals surface area (Å²) >= 11 is 0. The second kappa shape index (κ2) is 1.33. The van der Waals surface area contributed by atoms with E-state index < -0.39 is 0 Å². The molecule has 0 amide bonds. The zero-order valence-corrected chi connectivity index (χ0v) is 4.34. The fourth-order valence-electron chi connectivity index (χ4n) is 0.413. The molecule has 0 spiro atoms. The van der Waals surface area contributed by atoms with Crippen molar-refractivity contribution in [3.63, 3.8) is 0 Å². The summed E-state index contributed by atoms with van der Waals surface area (Å²) in [5.41, 5.74) is 0.836. The SMILES string of the molecule is Cc1[c]n(C)nn1. The number of hydrogen-bond acceptors (Lipinski definition) is 2. The molecule has 1 radical (unpaired) electrons. The van der Waals surface area contributed by atoms with Crippen molar-refractivity contribution in [3.05, 3.63) is 11.9 Å². The van der Waals surface area contributed by atoms with Gasteiger partial charge in [-0.2, -0.15) is 0 Å². The van der Waals surface area contributed by atoms with Gasteiger partial charge in [0.25, 0.3) is 0 Å². The highest BCUT2D eigenvalue weighted by molar-refractivity contribution is 4.82. The van der Waals surface area contributed by atoms with Crippen molar-refractivity contribution in [1.82, 2.24) is 15.0 Å². The lowest BCUT2D eigenvalue weighted by atomic mass is 10.6. The van der Waals surface area contributed by atoms with Gasteiger partial charge in [0.15, 0.2) is 0 Å². The second-order valence-corrected chi connectivity index (χ2v) is 1.41. The Morgan fingerprint density at radius 3 is 2.57 bits per heavy atom. The quantitative estimate of drug-likeness (QED) is 0.452. The highest BCUT2D eigenvalue weighted by Crippen LogP contribution is 1.80. The first kappa shape index (κ1) is 4.30. The minimum Gasteiger partial charge on any atom is -0.246 e. The normalized spacial score (nSPS) is 9.43. The van der Waals surface area contributed by atoms with Crippen LogP contribution in [0.1, 0.15) is 5.69 Å².